The summed E-state index contributed by atoms with van der Waals surface area (Å²) in [6.07, 6.45) is 6.09. The predicted molar refractivity (Wildman–Crippen MR) is 116 cm³/mol. The SMILES string of the molecule is CN1C(=O)N(CC(=O)Nc2ccccc2NC(=O)N2CCCC2)C(=O)C12CCCCC2. The number of amides is 6. The predicted octanol–water partition coefficient (Wildman–Crippen LogP) is 2.85. The number of anilines is 2. The first-order chi connectivity index (χ1) is 14.9. The lowest BCUT2D eigenvalue weighted by Crippen LogP contribution is -2.49. The van der Waals surface area contributed by atoms with Gasteiger partial charge in [0.15, 0.2) is 0 Å². The minimum atomic E-state index is -0.808. The molecule has 2 N–H and O–H groups in total. The number of imide groups is 1. The first-order valence-corrected chi connectivity index (χ1v) is 11.0. The fraction of sp³-hybridized carbons (Fsp3) is 0.545. The molecule has 1 aromatic carbocycles. The number of likely N-dealkylation sites (N-methyl/N-ethyl adjacent to an activating group) is 1. The molecular formula is C22H29N5O4. The van der Waals surface area contributed by atoms with E-state index >= 15 is 0 Å². The Labute approximate surface area is 181 Å². The van der Waals surface area contributed by atoms with Crippen LogP contribution < -0.4 is 10.6 Å². The average molecular weight is 428 g/mol. The maximum absolute atomic E-state index is 13.1. The van der Waals surface area contributed by atoms with E-state index in [0.29, 0.717) is 24.2 Å². The van der Waals surface area contributed by atoms with E-state index in [1.54, 1.807) is 36.2 Å². The van der Waals surface area contributed by atoms with Gasteiger partial charge in [-0.3, -0.25) is 14.5 Å². The molecule has 4 rings (SSSR count). The number of benzene rings is 1. The molecule has 1 saturated carbocycles. The molecule has 9 nitrogen and oxygen atoms in total. The normalized spacial score (nSPS) is 20.5. The summed E-state index contributed by atoms with van der Waals surface area (Å²) in [6.45, 7) is 1.09. The number of hydrogen-bond donors (Lipinski definition) is 2. The van der Waals surface area contributed by atoms with E-state index in [4.69, 9.17) is 0 Å². The van der Waals surface area contributed by atoms with Crippen LogP contribution in [0.3, 0.4) is 0 Å². The first-order valence-electron chi connectivity index (χ1n) is 11.0. The molecule has 0 bridgehead atoms. The van der Waals surface area contributed by atoms with Crippen molar-refractivity contribution < 1.29 is 19.2 Å². The number of nitrogens with one attached hydrogen (secondary N) is 2. The van der Waals surface area contributed by atoms with Gasteiger partial charge in [0.2, 0.25) is 5.91 Å². The molecule has 1 aromatic rings. The van der Waals surface area contributed by atoms with Crippen molar-refractivity contribution in [3.63, 3.8) is 0 Å². The van der Waals surface area contributed by atoms with Gasteiger partial charge in [-0.25, -0.2) is 9.59 Å². The van der Waals surface area contributed by atoms with Crippen molar-refractivity contribution in [2.75, 3.05) is 37.3 Å². The molecular weight excluding hydrogens is 398 g/mol. The van der Waals surface area contributed by atoms with Gasteiger partial charge < -0.3 is 20.4 Å². The quantitative estimate of drug-likeness (QED) is 0.722. The standard InChI is InChI=1S/C22H29N5O4/c1-25-21(31)27(19(29)22(25)11-5-2-6-12-22)15-18(28)23-16-9-3-4-10-17(16)24-20(30)26-13-7-8-14-26/h3-4,9-10H,2,5-8,11-15H2,1H3,(H,23,28)(H,24,30). The topological polar surface area (TPSA) is 102 Å². The van der Waals surface area contributed by atoms with Crippen molar-refractivity contribution in [1.29, 1.82) is 0 Å². The Morgan fingerprint density at radius 3 is 2.19 bits per heavy atom. The molecule has 0 aromatic heterocycles. The Morgan fingerprint density at radius 1 is 0.935 bits per heavy atom. The van der Waals surface area contributed by atoms with Crippen molar-refractivity contribution in [3.8, 4) is 0 Å². The number of rotatable bonds is 4. The number of hydrogen-bond acceptors (Lipinski definition) is 4. The molecule has 6 amide bonds. The average Bonchev–Trinajstić information content (AvgIpc) is 3.37. The maximum Gasteiger partial charge on any atom is 0.327 e. The van der Waals surface area contributed by atoms with Crippen LogP contribution in [0.5, 0.6) is 0 Å². The zero-order valence-electron chi connectivity index (χ0n) is 17.9. The van der Waals surface area contributed by atoms with Crippen LogP contribution in [-0.2, 0) is 9.59 Å². The number of carbonyl (C=O) groups excluding carboxylic acids is 4. The van der Waals surface area contributed by atoms with Gasteiger partial charge in [0, 0.05) is 20.1 Å². The molecule has 166 valence electrons. The smallest absolute Gasteiger partial charge is 0.325 e. The van der Waals surface area contributed by atoms with Crippen LogP contribution in [0.1, 0.15) is 44.9 Å². The van der Waals surface area contributed by atoms with Crippen LogP contribution in [0.15, 0.2) is 24.3 Å². The number of carbonyl (C=O) groups is 4. The highest BCUT2D eigenvalue weighted by atomic mass is 16.2. The molecule has 3 fully saturated rings. The van der Waals surface area contributed by atoms with Crippen LogP contribution >= 0.6 is 0 Å². The van der Waals surface area contributed by atoms with Gasteiger partial charge in [-0.1, -0.05) is 31.4 Å². The van der Waals surface area contributed by atoms with Crippen molar-refractivity contribution in [3.05, 3.63) is 24.3 Å². The molecule has 1 spiro atoms. The lowest BCUT2D eigenvalue weighted by molar-refractivity contribution is -0.136. The van der Waals surface area contributed by atoms with E-state index in [2.05, 4.69) is 10.6 Å². The molecule has 0 unspecified atom stereocenters. The highest BCUT2D eigenvalue weighted by molar-refractivity contribution is 6.10. The van der Waals surface area contributed by atoms with Crippen molar-refractivity contribution in [2.24, 2.45) is 0 Å². The summed E-state index contributed by atoms with van der Waals surface area (Å²) in [6, 6.07) is 6.27. The van der Waals surface area contributed by atoms with E-state index in [9.17, 15) is 19.2 Å². The van der Waals surface area contributed by atoms with Gasteiger partial charge in [-0.15, -0.1) is 0 Å². The monoisotopic (exact) mass is 427 g/mol. The highest BCUT2D eigenvalue weighted by Crippen LogP contribution is 2.39. The van der Waals surface area contributed by atoms with E-state index in [-0.39, 0.29) is 18.5 Å². The van der Waals surface area contributed by atoms with Gasteiger partial charge >= 0.3 is 12.1 Å². The van der Waals surface area contributed by atoms with E-state index in [1.165, 1.54) is 4.90 Å². The summed E-state index contributed by atoms with van der Waals surface area (Å²) < 4.78 is 0. The Kier molecular flexibility index (Phi) is 5.84. The number of nitrogens with zero attached hydrogens (tertiary/aromatic N) is 3. The third-order valence-electron chi connectivity index (χ3n) is 6.62. The van der Waals surface area contributed by atoms with Gasteiger partial charge in [-0.2, -0.15) is 0 Å². The second-order valence-electron chi connectivity index (χ2n) is 8.54. The zero-order chi connectivity index (χ0) is 22.0. The van der Waals surface area contributed by atoms with Crippen LogP contribution in [0.2, 0.25) is 0 Å². The number of likely N-dealkylation sites (tertiary alicyclic amines) is 1. The van der Waals surface area contributed by atoms with Crippen molar-refractivity contribution >= 4 is 35.3 Å². The minimum Gasteiger partial charge on any atom is -0.325 e. The van der Waals surface area contributed by atoms with Gasteiger partial charge in [0.25, 0.3) is 5.91 Å². The van der Waals surface area contributed by atoms with Gasteiger partial charge in [0.1, 0.15) is 12.1 Å². The Hall–Kier alpha value is -3.10. The molecule has 0 radical (unpaired) electrons. The summed E-state index contributed by atoms with van der Waals surface area (Å²) in [5.74, 6) is -0.767. The third-order valence-corrected chi connectivity index (χ3v) is 6.62. The molecule has 1 aliphatic carbocycles. The Balaban J connectivity index is 1.43. The molecule has 2 aliphatic heterocycles. The van der Waals surface area contributed by atoms with E-state index < -0.39 is 17.5 Å². The van der Waals surface area contributed by atoms with Gasteiger partial charge in [-0.05, 0) is 37.8 Å². The summed E-state index contributed by atoms with van der Waals surface area (Å²) in [5, 5.41) is 5.58. The fourth-order valence-corrected chi connectivity index (χ4v) is 4.82. The van der Waals surface area contributed by atoms with Crippen molar-refractivity contribution in [2.45, 2.75) is 50.5 Å². The highest BCUT2D eigenvalue weighted by Gasteiger charge is 2.55. The second kappa shape index (κ2) is 8.56. The third kappa shape index (κ3) is 3.96. The molecule has 9 heteroatoms. The summed E-state index contributed by atoms with van der Waals surface area (Å²) in [7, 11) is 1.65. The zero-order valence-corrected chi connectivity index (χ0v) is 17.9. The van der Waals surface area contributed by atoms with Crippen LogP contribution in [0, 0.1) is 0 Å². The van der Waals surface area contributed by atoms with E-state index in [1.807, 2.05) is 0 Å². The summed E-state index contributed by atoms with van der Waals surface area (Å²) in [5.41, 5.74) is 0.101. The van der Waals surface area contributed by atoms with Crippen molar-refractivity contribution in [1.82, 2.24) is 14.7 Å². The lowest BCUT2D eigenvalue weighted by atomic mass is 9.81. The first kappa shape index (κ1) is 21.1. The summed E-state index contributed by atoms with van der Waals surface area (Å²) in [4.78, 5) is 55.2. The molecule has 2 saturated heterocycles. The van der Waals surface area contributed by atoms with Crippen LogP contribution in [-0.4, -0.2) is 70.8 Å². The summed E-state index contributed by atoms with van der Waals surface area (Å²) >= 11 is 0. The second-order valence-corrected chi connectivity index (χ2v) is 8.54. The number of para-hydroxylation sites is 2. The molecule has 0 atom stereocenters. The fourth-order valence-electron chi connectivity index (χ4n) is 4.82. The Morgan fingerprint density at radius 2 is 1.55 bits per heavy atom. The minimum absolute atomic E-state index is 0.204. The molecule has 31 heavy (non-hydrogen) atoms. The Bertz CT molecular complexity index is 890. The lowest BCUT2D eigenvalue weighted by Gasteiger charge is -2.35. The number of urea groups is 2. The van der Waals surface area contributed by atoms with Crippen LogP contribution in [0.4, 0.5) is 21.0 Å². The van der Waals surface area contributed by atoms with Gasteiger partial charge in [0.05, 0.1) is 11.4 Å². The van der Waals surface area contributed by atoms with E-state index in [0.717, 1.165) is 50.1 Å². The molecule has 2 heterocycles. The molecule has 3 aliphatic rings. The maximum atomic E-state index is 13.1. The van der Waals surface area contributed by atoms with Crippen LogP contribution in [0.25, 0.3) is 0 Å². The largest absolute Gasteiger partial charge is 0.327 e.